The summed E-state index contributed by atoms with van der Waals surface area (Å²) in [4.78, 5) is 12.5. The van der Waals surface area contributed by atoms with E-state index in [2.05, 4.69) is 43.4 Å². The Morgan fingerprint density at radius 3 is 2.96 bits per heavy atom. The summed E-state index contributed by atoms with van der Waals surface area (Å²) in [7, 11) is 0. The lowest BCUT2D eigenvalue weighted by Gasteiger charge is -2.54. The molecule has 2 aromatic rings. The molecule has 1 aromatic carbocycles. The van der Waals surface area contributed by atoms with E-state index in [9.17, 15) is 4.79 Å². The molecule has 1 aliphatic heterocycles. The van der Waals surface area contributed by atoms with Crippen LogP contribution in [0.4, 0.5) is 10.5 Å². The number of nitrogens with zero attached hydrogens (tertiary/aromatic N) is 2. The Balaban J connectivity index is 1.48. The van der Waals surface area contributed by atoms with Gasteiger partial charge >= 0.3 is 6.03 Å². The molecule has 2 heterocycles. The van der Waals surface area contributed by atoms with E-state index in [0.717, 1.165) is 29.6 Å². The number of aromatic nitrogens is 2. The molecular weight excluding hydrogens is 316 g/mol. The molecule has 0 spiro atoms. The normalized spacial score (nSPS) is 27.2. The first-order valence-electron chi connectivity index (χ1n) is 9.04. The predicted octanol–water partition coefficient (Wildman–Crippen LogP) is 3.55. The maximum Gasteiger partial charge on any atom is 0.319 e. The summed E-state index contributed by atoms with van der Waals surface area (Å²) < 4.78 is 7.76. The maximum atomic E-state index is 12.5. The zero-order valence-corrected chi connectivity index (χ0v) is 15.2. The number of nitrogens with one attached hydrogen (secondary N) is 2. The summed E-state index contributed by atoms with van der Waals surface area (Å²) in [6.45, 7) is 9.32. The first-order valence-corrected chi connectivity index (χ1v) is 9.04. The molecule has 1 saturated carbocycles. The van der Waals surface area contributed by atoms with E-state index in [1.54, 1.807) is 0 Å². The molecule has 0 bridgehead atoms. The zero-order valence-electron chi connectivity index (χ0n) is 15.2. The van der Waals surface area contributed by atoms with Crippen molar-refractivity contribution in [2.75, 3.05) is 11.9 Å². The summed E-state index contributed by atoms with van der Waals surface area (Å²) in [5.41, 5.74) is 1.79. The molecule has 1 saturated heterocycles. The Kier molecular flexibility index (Phi) is 3.76. The number of amides is 2. The number of ether oxygens (including phenoxy) is 1. The van der Waals surface area contributed by atoms with Crippen LogP contribution in [0.3, 0.4) is 0 Å². The number of carbonyl (C=O) groups is 1. The molecule has 2 amide bonds. The highest BCUT2D eigenvalue weighted by atomic mass is 16.5. The van der Waals surface area contributed by atoms with E-state index in [-0.39, 0.29) is 29.6 Å². The van der Waals surface area contributed by atoms with Crippen molar-refractivity contribution in [2.45, 2.75) is 52.3 Å². The number of hydrogen-bond acceptors (Lipinski definition) is 3. The molecule has 2 N–H and O–H groups in total. The Hall–Kier alpha value is -2.08. The topological polar surface area (TPSA) is 68.2 Å². The molecule has 1 aromatic heterocycles. The monoisotopic (exact) mass is 342 g/mol. The molecule has 3 atom stereocenters. The molecule has 0 radical (unpaired) electrons. The van der Waals surface area contributed by atoms with E-state index in [4.69, 9.17) is 4.74 Å². The van der Waals surface area contributed by atoms with Crippen molar-refractivity contribution in [1.29, 1.82) is 0 Å². The second-order valence-corrected chi connectivity index (χ2v) is 8.10. The van der Waals surface area contributed by atoms with Crippen molar-refractivity contribution >= 4 is 22.6 Å². The maximum absolute atomic E-state index is 12.5. The van der Waals surface area contributed by atoms with Crippen LogP contribution in [0.25, 0.3) is 10.9 Å². The summed E-state index contributed by atoms with van der Waals surface area (Å²) in [5, 5.41) is 11.6. The number of anilines is 1. The minimum atomic E-state index is -0.154. The lowest BCUT2D eigenvalue weighted by molar-refractivity contribution is -0.107. The van der Waals surface area contributed by atoms with Crippen LogP contribution < -0.4 is 10.6 Å². The summed E-state index contributed by atoms with van der Waals surface area (Å²) >= 11 is 0. The van der Waals surface area contributed by atoms with Gasteiger partial charge in [-0.3, -0.25) is 4.68 Å². The fraction of sp³-hybridized carbons (Fsp3) is 0.579. The first-order chi connectivity index (χ1) is 11.9. The number of benzene rings is 1. The number of hydrogen-bond donors (Lipinski definition) is 2. The summed E-state index contributed by atoms with van der Waals surface area (Å²) in [5.74, 6) is 0.436. The molecule has 2 fully saturated rings. The Labute approximate surface area is 147 Å². The Morgan fingerprint density at radius 2 is 2.20 bits per heavy atom. The van der Waals surface area contributed by atoms with Crippen molar-refractivity contribution < 1.29 is 9.53 Å². The van der Waals surface area contributed by atoms with Crippen molar-refractivity contribution in [3.05, 3.63) is 24.4 Å². The molecule has 0 unspecified atom stereocenters. The number of carbonyl (C=O) groups excluding carboxylic acids is 1. The van der Waals surface area contributed by atoms with Crippen LogP contribution in [-0.2, 0) is 4.74 Å². The van der Waals surface area contributed by atoms with Crippen LogP contribution in [0.5, 0.6) is 0 Å². The molecule has 134 valence electrons. The third kappa shape index (κ3) is 2.59. The van der Waals surface area contributed by atoms with Crippen LogP contribution >= 0.6 is 0 Å². The quantitative estimate of drug-likeness (QED) is 0.896. The van der Waals surface area contributed by atoms with Gasteiger partial charge in [0.1, 0.15) is 0 Å². The van der Waals surface area contributed by atoms with Crippen LogP contribution in [0.15, 0.2) is 24.4 Å². The zero-order chi connectivity index (χ0) is 17.8. The van der Waals surface area contributed by atoms with Gasteiger partial charge in [0, 0.05) is 41.1 Å². The van der Waals surface area contributed by atoms with E-state index in [1.807, 2.05) is 29.1 Å². The largest absolute Gasteiger partial charge is 0.377 e. The van der Waals surface area contributed by atoms with Crippen molar-refractivity contribution in [3.8, 4) is 0 Å². The first kappa shape index (κ1) is 16.4. The molecule has 25 heavy (non-hydrogen) atoms. The van der Waals surface area contributed by atoms with Gasteiger partial charge in [-0.15, -0.1) is 0 Å². The fourth-order valence-electron chi connectivity index (χ4n) is 4.45. The average molecular weight is 342 g/mol. The highest BCUT2D eigenvalue weighted by molar-refractivity contribution is 5.92. The smallest absolute Gasteiger partial charge is 0.319 e. The summed E-state index contributed by atoms with van der Waals surface area (Å²) in [6, 6.07) is 6.17. The van der Waals surface area contributed by atoms with Crippen LogP contribution in [0.1, 0.15) is 40.2 Å². The van der Waals surface area contributed by atoms with Gasteiger partial charge in [-0.25, -0.2) is 4.79 Å². The van der Waals surface area contributed by atoms with Gasteiger partial charge in [0.15, 0.2) is 0 Å². The molecule has 6 heteroatoms. The highest BCUT2D eigenvalue weighted by Gasteiger charge is 2.59. The minimum Gasteiger partial charge on any atom is -0.377 e. The van der Waals surface area contributed by atoms with Crippen molar-refractivity contribution in [2.24, 2.45) is 11.3 Å². The molecule has 4 rings (SSSR count). The van der Waals surface area contributed by atoms with Gasteiger partial charge in [-0.1, -0.05) is 13.8 Å². The third-order valence-electron chi connectivity index (χ3n) is 5.73. The van der Waals surface area contributed by atoms with Crippen LogP contribution in [-0.4, -0.2) is 34.6 Å². The molecule has 2 aliphatic rings. The van der Waals surface area contributed by atoms with E-state index >= 15 is 0 Å². The Morgan fingerprint density at radius 1 is 1.40 bits per heavy atom. The number of urea groups is 1. The highest BCUT2D eigenvalue weighted by Crippen LogP contribution is 2.52. The van der Waals surface area contributed by atoms with Gasteiger partial charge in [-0.2, -0.15) is 5.10 Å². The standard InChI is InChI=1S/C19H26N4O2/c1-11(2)23-15-9-13(6-5-12(15)10-20-23)21-18(24)22-16-14-7-8-25-17(14)19(16,3)4/h5-6,9-11,14,16-17H,7-8H2,1-4H3,(H2,21,22,24)/t14-,16-,17+/m1/s1. The fourth-order valence-corrected chi connectivity index (χ4v) is 4.45. The van der Waals surface area contributed by atoms with Gasteiger partial charge in [0.05, 0.1) is 17.8 Å². The molecular formula is C19H26N4O2. The number of rotatable bonds is 3. The van der Waals surface area contributed by atoms with Gasteiger partial charge in [0.2, 0.25) is 0 Å². The van der Waals surface area contributed by atoms with Crippen molar-refractivity contribution in [1.82, 2.24) is 15.1 Å². The lowest BCUT2D eigenvalue weighted by atomic mass is 9.57. The second kappa shape index (κ2) is 5.73. The SMILES string of the molecule is CC(C)n1ncc2ccc(NC(=O)N[C@@H]3[C@H]4CCO[C@@H]4C3(C)C)cc21. The van der Waals surface area contributed by atoms with Crippen LogP contribution in [0.2, 0.25) is 0 Å². The predicted molar refractivity (Wildman–Crippen MR) is 97.7 cm³/mol. The lowest BCUT2D eigenvalue weighted by Crippen LogP contribution is -2.67. The van der Waals surface area contributed by atoms with Crippen molar-refractivity contribution in [3.63, 3.8) is 0 Å². The molecule has 1 aliphatic carbocycles. The average Bonchev–Trinajstić information content (AvgIpc) is 3.18. The second-order valence-electron chi connectivity index (χ2n) is 8.10. The number of fused-ring (bicyclic) bond motifs is 2. The molecule has 6 nitrogen and oxygen atoms in total. The van der Waals surface area contributed by atoms with Gasteiger partial charge in [-0.05, 0) is 38.5 Å². The van der Waals surface area contributed by atoms with Crippen LogP contribution in [0, 0.1) is 11.3 Å². The van der Waals surface area contributed by atoms with E-state index in [0.29, 0.717) is 5.92 Å². The minimum absolute atomic E-state index is 0.0152. The summed E-state index contributed by atoms with van der Waals surface area (Å²) in [6.07, 6.45) is 3.16. The van der Waals surface area contributed by atoms with Gasteiger partial charge in [0.25, 0.3) is 0 Å². The van der Waals surface area contributed by atoms with E-state index in [1.165, 1.54) is 0 Å². The van der Waals surface area contributed by atoms with Gasteiger partial charge < -0.3 is 15.4 Å². The van der Waals surface area contributed by atoms with E-state index < -0.39 is 0 Å². The third-order valence-corrected chi connectivity index (χ3v) is 5.73. The Bertz CT molecular complexity index is 811.